The molecule has 0 amide bonds. The lowest BCUT2D eigenvalue weighted by Gasteiger charge is -2.30. The second kappa shape index (κ2) is 14.5. The summed E-state index contributed by atoms with van der Waals surface area (Å²) in [7, 11) is 1.56. The van der Waals surface area contributed by atoms with Crippen LogP contribution in [0.5, 0.6) is 28.9 Å². The van der Waals surface area contributed by atoms with Gasteiger partial charge < -0.3 is 24.2 Å². The van der Waals surface area contributed by atoms with Crippen molar-refractivity contribution < 1.29 is 23.7 Å². The highest BCUT2D eigenvalue weighted by atomic mass is 19.1. The molecule has 1 saturated heterocycles. The van der Waals surface area contributed by atoms with Crippen molar-refractivity contribution in [2.24, 2.45) is 10.9 Å². The second-order valence-corrected chi connectivity index (χ2v) is 11.7. The third-order valence-corrected chi connectivity index (χ3v) is 8.35. The zero-order valence-corrected chi connectivity index (χ0v) is 26.7. The number of methoxy groups -OCH3 is 1. The lowest BCUT2D eigenvalue weighted by Crippen LogP contribution is -2.34. The summed E-state index contributed by atoms with van der Waals surface area (Å²) >= 11 is 0. The van der Waals surface area contributed by atoms with Crippen LogP contribution in [0.4, 0.5) is 10.1 Å². The number of aromatic nitrogens is 3. The number of para-hydroxylation sites is 1. The van der Waals surface area contributed by atoms with Crippen LogP contribution in [0.1, 0.15) is 31.7 Å². The minimum absolute atomic E-state index is 0.0637. The highest BCUT2D eigenvalue weighted by molar-refractivity contribution is 5.88. The van der Waals surface area contributed by atoms with Crippen molar-refractivity contribution in [3.63, 3.8) is 0 Å². The van der Waals surface area contributed by atoms with Gasteiger partial charge in [-0.1, -0.05) is 25.1 Å². The predicted molar refractivity (Wildman–Crippen MR) is 181 cm³/mol. The van der Waals surface area contributed by atoms with Crippen molar-refractivity contribution >= 4 is 22.8 Å². The number of aliphatic imine (C=N–C) groups is 1. The number of fused-ring (bicyclic) bond motifs is 1. The van der Waals surface area contributed by atoms with Crippen molar-refractivity contribution in [3.05, 3.63) is 105 Å². The second-order valence-electron chi connectivity index (χ2n) is 11.7. The van der Waals surface area contributed by atoms with E-state index < -0.39 is 22.9 Å². The molecule has 3 aromatic carbocycles. The Bertz CT molecular complexity index is 2060. The number of halogens is 1. The molecule has 1 aliphatic heterocycles. The van der Waals surface area contributed by atoms with Gasteiger partial charge >= 0.3 is 5.69 Å². The fourth-order valence-corrected chi connectivity index (χ4v) is 5.63. The summed E-state index contributed by atoms with van der Waals surface area (Å²) in [5, 5.41) is 11.3. The first kappa shape index (κ1) is 32.5. The predicted octanol–water partition coefficient (Wildman–Crippen LogP) is 5.97. The van der Waals surface area contributed by atoms with E-state index in [1.807, 2.05) is 0 Å². The quantitative estimate of drug-likeness (QED) is 0.132. The molecule has 0 unspecified atom stereocenters. The molecule has 6 rings (SSSR count). The molecule has 0 bridgehead atoms. The number of likely N-dealkylation sites (tertiary alicyclic amines) is 1. The fourth-order valence-electron chi connectivity index (χ4n) is 5.63. The monoisotopic (exact) mass is 653 g/mol. The Kier molecular flexibility index (Phi) is 9.81. The van der Waals surface area contributed by atoms with Crippen molar-refractivity contribution in [1.82, 2.24) is 19.4 Å². The van der Waals surface area contributed by atoms with E-state index in [-0.39, 0.29) is 17.0 Å². The van der Waals surface area contributed by atoms with Crippen LogP contribution in [0.25, 0.3) is 16.6 Å². The Morgan fingerprint density at radius 2 is 1.81 bits per heavy atom. The van der Waals surface area contributed by atoms with Gasteiger partial charge in [-0.25, -0.2) is 13.8 Å². The average Bonchev–Trinajstić information content (AvgIpc) is 3.08. The van der Waals surface area contributed by atoms with E-state index in [9.17, 15) is 14.7 Å². The normalized spacial score (nSPS) is 14.1. The Hall–Kier alpha value is -5.49. The number of pyridine rings is 1. The van der Waals surface area contributed by atoms with Crippen LogP contribution in [0.2, 0.25) is 0 Å². The third kappa shape index (κ3) is 7.23. The summed E-state index contributed by atoms with van der Waals surface area (Å²) in [4.78, 5) is 38.1. The van der Waals surface area contributed by atoms with Crippen molar-refractivity contribution in [3.8, 4) is 34.6 Å². The lowest BCUT2D eigenvalue weighted by atomic mass is 9.99. The molecule has 12 heteroatoms. The molecule has 248 valence electrons. The van der Waals surface area contributed by atoms with Gasteiger partial charge in [-0.2, -0.15) is 0 Å². The van der Waals surface area contributed by atoms with E-state index in [1.54, 1.807) is 61.8 Å². The number of nitrogens with one attached hydrogen (secondary N) is 1. The molecule has 3 heterocycles. The van der Waals surface area contributed by atoms with Crippen LogP contribution in [-0.2, 0) is 0 Å². The van der Waals surface area contributed by atoms with Crippen LogP contribution in [0.15, 0.2) is 87.5 Å². The number of nitrogens with zero attached hydrogens (tertiary/aromatic N) is 4. The van der Waals surface area contributed by atoms with E-state index in [4.69, 9.17) is 14.2 Å². The number of aromatic amines is 1. The smallest absolute Gasteiger partial charge is 0.335 e. The molecule has 1 aliphatic rings. The summed E-state index contributed by atoms with van der Waals surface area (Å²) in [5.41, 5.74) is -0.824. The lowest BCUT2D eigenvalue weighted by molar-refractivity contribution is 0.176. The molecule has 0 atom stereocenters. The Morgan fingerprint density at radius 1 is 1.02 bits per heavy atom. The first-order chi connectivity index (χ1) is 23.3. The zero-order chi connectivity index (χ0) is 33.6. The summed E-state index contributed by atoms with van der Waals surface area (Å²) in [6.07, 6.45) is 6.00. The molecule has 0 saturated carbocycles. The van der Waals surface area contributed by atoms with Crippen LogP contribution in [0, 0.1) is 11.7 Å². The number of rotatable bonds is 11. The van der Waals surface area contributed by atoms with Gasteiger partial charge in [-0.3, -0.25) is 19.8 Å². The largest absolute Gasteiger partial charge is 0.493 e. The van der Waals surface area contributed by atoms with Crippen LogP contribution in [0.3, 0.4) is 0 Å². The van der Waals surface area contributed by atoms with Gasteiger partial charge in [0.1, 0.15) is 11.3 Å². The Labute approximate surface area is 275 Å². The molecule has 0 spiro atoms. The number of hydrogen-bond acceptors (Lipinski definition) is 9. The van der Waals surface area contributed by atoms with E-state index in [0.717, 1.165) is 48.8 Å². The maximum Gasteiger partial charge on any atom is 0.335 e. The summed E-state index contributed by atoms with van der Waals surface area (Å²) < 4.78 is 33.9. The van der Waals surface area contributed by atoms with Crippen molar-refractivity contribution in [2.45, 2.75) is 26.2 Å². The minimum atomic E-state index is -0.838. The molecule has 2 N–H and O–H groups in total. The maximum atomic E-state index is 15.3. The number of benzene rings is 3. The van der Waals surface area contributed by atoms with Crippen molar-refractivity contribution in [2.75, 3.05) is 33.4 Å². The zero-order valence-electron chi connectivity index (χ0n) is 26.7. The Balaban J connectivity index is 1.17. The van der Waals surface area contributed by atoms with E-state index in [0.29, 0.717) is 40.4 Å². The fraction of sp³-hybridized carbons (Fsp3) is 0.278. The van der Waals surface area contributed by atoms with E-state index in [2.05, 4.69) is 26.8 Å². The molecule has 48 heavy (non-hydrogen) atoms. The molecule has 1 fully saturated rings. The molecule has 2 aromatic heterocycles. The van der Waals surface area contributed by atoms with Crippen LogP contribution < -0.4 is 25.5 Å². The average molecular weight is 654 g/mol. The molecular weight excluding hydrogens is 617 g/mol. The highest BCUT2D eigenvalue weighted by Crippen LogP contribution is 2.38. The van der Waals surface area contributed by atoms with E-state index in [1.165, 1.54) is 25.0 Å². The van der Waals surface area contributed by atoms with E-state index >= 15 is 4.39 Å². The van der Waals surface area contributed by atoms with Gasteiger partial charge in [0.2, 0.25) is 5.88 Å². The molecule has 5 aromatic rings. The molecule has 0 aliphatic carbocycles. The summed E-state index contributed by atoms with van der Waals surface area (Å²) in [6.45, 7) is 6.08. The molecule has 0 radical (unpaired) electrons. The molecular formula is C36H36FN5O6. The maximum absolute atomic E-state index is 15.3. The van der Waals surface area contributed by atoms with Gasteiger partial charge in [0, 0.05) is 36.5 Å². The van der Waals surface area contributed by atoms with Crippen LogP contribution in [-0.4, -0.2) is 64.1 Å². The first-order valence-electron chi connectivity index (χ1n) is 15.8. The highest BCUT2D eigenvalue weighted by Gasteiger charge is 2.17. The van der Waals surface area contributed by atoms with Gasteiger partial charge in [0.15, 0.2) is 23.1 Å². The van der Waals surface area contributed by atoms with Crippen molar-refractivity contribution in [1.29, 1.82) is 0 Å². The third-order valence-electron chi connectivity index (χ3n) is 8.35. The molecule has 11 nitrogen and oxygen atoms in total. The topological polar surface area (TPSA) is 131 Å². The van der Waals surface area contributed by atoms with Gasteiger partial charge in [-0.15, -0.1) is 0 Å². The van der Waals surface area contributed by atoms with Gasteiger partial charge in [-0.05, 0) is 74.7 Å². The SMILES string of the molecule is COc1cc2c(Oc3ccc(N=Cc4c(O)n(-c5ccccc5)c(=O)[nH]c4=O)cc3F)ccnc2cc1OCCCN1CCC(C)CC1. The Morgan fingerprint density at radius 3 is 2.56 bits per heavy atom. The minimum Gasteiger partial charge on any atom is -0.493 e. The standard InChI is InChI=1S/C36H36FN5O6/c1-23-12-16-41(17-13-23)15-6-18-47-33-21-29-26(20-32(33)46-2)30(11-14-38-29)48-31-10-9-24(19-28(31)37)39-22-27-34(43)40-36(45)42(35(27)44)25-7-4-3-5-8-25/h3-5,7-11,14,19-23,44H,6,12-13,15-18H2,1-2H3,(H,40,43,45). The summed E-state index contributed by atoms with van der Waals surface area (Å²) in [6, 6.07) is 17.5. The summed E-state index contributed by atoms with van der Waals surface area (Å²) in [5.74, 6) is 0.861. The van der Waals surface area contributed by atoms with Gasteiger partial charge in [0.05, 0.1) is 30.6 Å². The van der Waals surface area contributed by atoms with Gasteiger partial charge in [0.25, 0.3) is 5.56 Å². The number of piperidine rings is 1. The number of ether oxygens (including phenoxy) is 3. The first-order valence-corrected chi connectivity index (χ1v) is 15.8. The number of aromatic hydroxyl groups is 1. The van der Waals surface area contributed by atoms with Crippen LogP contribution >= 0.6 is 0 Å². The number of H-pyrrole nitrogens is 1. The number of hydrogen-bond donors (Lipinski definition) is 2.